The number of rotatable bonds is 7. The van der Waals surface area contributed by atoms with Gasteiger partial charge in [-0.1, -0.05) is 18.5 Å². The van der Waals surface area contributed by atoms with E-state index in [1.165, 1.54) is 6.07 Å². The van der Waals surface area contributed by atoms with Gasteiger partial charge in [0.15, 0.2) is 0 Å². The summed E-state index contributed by atoms with van der Waals surface area (Å²) in [7, 11) is -3.92. The van der Waals surface area contributed by atoms with Crippen molar-refractivity contribution in [2.24, 2.45) is 5.73 Å². The fraction of sp³-hybridized carbons (Fsp3) is 0.500. The molecule has 20 heavy (non-hydrogen) atoms. The second kappa shape index (κ2) is 7.61. The lowest BCUT2D eigenvalue weighted by Gasteiger charge is -2.12. The minimum absolute atomic E-state index is 0.0790. The van der Waals surface area contributed by atoms with Gasteiger partial charge in [-0.2, -0.15) is 11.8 Å². The molecule has 0 heterocycles. The van der Waals surface area contributed by atoms with Gasteiger partial charge >= 0.3 is 0 Å². The first-order valence-corrected chi connectivity index (χ1v) is 9.17. The average molecular weight is 341 g/mol. The molecule has 1 rings (SSSR count). The van der Waals surface area contributed by atoms with E-state index >= 15 is 0 Å². The lowest BCUT2D eigenvalue weighted by atomic mass is 10.2. The molecule has 0 fully saturated rings. The van der Waals surface area contributed by atoms with E-state index in [1.54, 1.807) is 11.8 Å². The Morgan fingerprint density at radius 3 is 2.70 bits per heavy atom. The zero-order valence-corrected chi connectivity index (χ0v) is 13.7. The Hall–Kier alpha value is -0.340. The fourth-order valence-electron chi connectivity index (χ4n) is 1.55. The van der Waals surface area contributed by atoms with E-state index in [0.717, 1.165) is 6.07 Å². The van der Waals surface area contributed by atoms with E-state index in [9.17, 15) is 12.8 Å². The molecule has 1 unspecified atom stereocenters. The van der Waals surface area contributed by atoms with Crippen molar-refractivity contribution in [3.8, 4) is 0 Å². The van der Waals surface area contributed by atoms with E-state index in [4.69, 9.17) is 17.3 Å². The Balaban J connectivity index is 2.95. The number of sulfonamides is 1. The molecule has 0 aliphatic heterocycles. The first-order chi connectivity index (χ1) is 9.31. The third kappa shape index (κ3) is 4.60. The molecule has 0 saturated carbocycles. The van der Waals surface area contributed by atoms with Crippen molar-refractivity contribution in [2.75, 3.05) is 12.8 Å². The van der Waals surface area contributed by atoms with Crippen LogP contribution in [0.15, 0.2) is 17.0 Å². The van der Waals surface area contributed by atoms with Crippen molar-refractivity contribution in [2.45, 2.75) is 30.0 Å². The number of nitrogens with two attached hydrogens (primary N) is 1. The molecule has 1 aromatic rings. The Morgan fingerprint density at radius 2 is 2.15 bits per heavy atom. The minimum Gasteiger partial charge on any atom is -0.326 e. The molecule has 0 radical (unpaired) electrons. The number of thioether (sulfide) groups is 1. The van der Waals surface area contributed by atoms with Crippen molar-refractivity contribution in [1.29, 1.82) is 0 Å². The van der Waals surface area contributed by atoms with Gasteiger partial charge in [0.2, 0.25) is 10.0 Å². The normalized spacial score (nSPS) is 13.4. The highest BCUT2D eigenvalue weighted by Crippen LogP contribution is 2.23. The van der Waals surface area contributed by atoms with Crippen molar-refractivity contribution < 1.29 is 12.8 Å². The van der Waals surface area contributed by atoms with Crippen LogP contribution in [0, 0.1) is 5.82 Å². The predicted molar refractivity (Wildman–Crippen MR) is 82.1 cm³/mol. The van der Waals surface area contributed by atoms with Gasteiger partial charge in [-0.15, -0.1) is 0 Å². The van der Waals surface area contributed by atoms with Gasteiger partial charge in [0.25, 0.3) is 0 Å². The highest BCUT2D eigenvalue weighted by molar-refractivity contribution is 7.99. The third-order valence-corrected chi connectivity index (χ3v) is 5.55. The summed E-state index contributed by atoms with van der Waals surface area (Å²) in [6.07, 6.45) is 2.61. The first-order valence-electron chi connectivity index (χ1n) is 6.02. The Kier molecular flexibility index (Phi) is 6.74. The van der Waals surface area contributed by atoms with Crippen molar-refractivity contribution in [3.05, 3.63) is 28.5 Å². The Labute approximate surface area is 128 Å². The van der Waals surface area contributed by atoms with Crippen LogP contribution in [0.4, 0.5) is 4.39 Å². The quantitative estimate of drug-likeness (QED) is 0.799. The lowest BCUT2D eigenvalue weighted by molar-refractivity contribution is 0.548. The molecule has 3 N–H and O–H groups in total. The van der Waals surface area contributed by atoms with Crippen LogP contribution in [0.3, 0.4) is 0 Å². The summed E-state index contributed by atoms with van der Waals surface area (Å²) in [5.74, 6) is -0.845. The average Bonchev–Trinajstić information content (AvgIpc) is 2.40. The topological polar surface area (TPSA) is 72.2 Å². The molecule has 0 bridgehead atoms. The molecule has 0 saturated heterocycles. The zero-order chi connectivity index (χ0) is 15.3. The van der Waals surface area contributed by atoms with Crippen LogP contribution < -0.4 is 10.5 Å². The molecular weight excluding hydrogens is 323 g/mol. The van der Waals surface area contributed by atoms with Crippen LogP contribution in [0.5, 0.6) is 0 Å². The Bertz CT molecular complexity index is 567. The molecule has 0 aromatic heterocycles. The molecular formula is C12H18ClFN2O2S2. The number of halogens is 2. The van der Waals surface area contributed by atoms with Gasteiger partial charge in [0.1, 0.15) is 10.7 Å². The summed E-state index contributed by atoms with van der Waals surface area (Å²) in [6.45, 7) is 2.12. The number of nitrogens with one attached hydrogen (secondary N) is 1. The minimum atomic E-state index is -3.92. The van der Waals surface area contributed by atoms with Gasteiger partial charge in [-0.25, -0.2) is 17.5 Å². The largest absolute Gasteiger partial charge is 0.326 e. The van der Waals surface area contributed by atoms with Crippen LogP contribution in [0.2, 0.25) is 5.02 Å². The Morgan fingerprint density at radius 1 is 1.50 bits per heavy atom. The van der Waals surface area contributed by atoms with Gasteiger partial charge in [0.05, 0.1) is 0 Å². The summed E-state index contributed by atoms with van der Waals surface area (Å²) in [5, 5.41) is 0.464. The molecule has 0 aliphatic rings. The molecule has 1 aromatic carbocycles. The molecule has 8 heteroatoms. The van der Waals surface area contributed by atoms with Crippen molar-refractivity contribution in [1.82, 2.24) is 4.72 Å². The maximum absolute atomic E-state index is 14.0. The van der Waals surface area contributed by atoms with Gasteiger partial charge in [-0.3, -0.25) is 0 Å². The van der Waals surface area contributed by atoms with E-state index in [2.05, 4.69) is 4.72 Å². The summed E-state index contributed by atoms with van der Waals surface area (Å²) in [5.41, 5.74) is 5.45. The molecule has 0 spiro atoms. The van der Waals surface area contributed by atoms with Crippen LogP contribution in [-0.4, -0.2) is 26.5 Å². The number of hydrogen-bond donors (Lipinski definition) is 2. The first kappa shape index (κ1) is 17.7. The van der Waals surface area contributed by atoms with E-state index in [0.29, 0.717) is 11.7 Å². The fourth-order valence-corrected chi connectivity index (χ4v) is 3.40. The summed E-state index contributed by atoms with van der Waals surface area (Å²) < 4.78 is 40.6. The molecule has 4 nitrogen and oxygen atoms in total. The summed E-state index contributed by atoms with van der Waals surface area (Å²) in [4.78, 5) is -0.456. The van der Waals surface area contributed by atoms with E-state index in [1.807, 2.05) is 13.2 Å². The van der Waals surface area contributed by atoms with Crippen LogP contribution >= 0.6 is 23.4 Å². The van der Waals surface area contributed by atoms with Gasteiger partial charge in [-0.05, 0) is 24.8 Å². The maximum Gasteiger partial charge on any atom is 0.243 e. The van der Waals surface area contributed by atoms with Crippen molar-refractivity contribution in [3.63, 3.8) is 0 Å². The highest BCUT2D eigenvalue weighted by Gasteiger charge is 2.22. The molecule has 114 valence electrons. The van der Waals surface area contributed by atoms with Gasteiger partial charge in [0, 0.05) is 28.9 Å². The van der Waals surface area contributed by atoms with E-state index in [-0.39, 0.29) is 23.7 Å². The summed E-state index contributed by atoms with van der Waals surface area (Å²) >= 11 is 7.43. The number of benzene rings is 1. The number of hydrogen-bond acceptors (Lipinski definition) is 4. The maximum atomic E-state index is 14.0. The smallest absolute Gasteiger partial charge is 0.243 e. The molecule has 1 atom stereocenters. The zero-order valence-electron chi connectivity index (χ0n) is 11.3. The molecule has 0 aliphatic carbocycles. The predicted octanol–water partition coefficient (Wildman–Crippen LogP) is 2.36. The SMILES string of the molecule is CSC(C)CCNS(=O)(=O)c1cc(Cl)cc(CN)c1F. The lowest BCUT2D eigenvalue weighted by Crippen LogP contribution is -2.27. The highest BCUT2D eigenvalue weighted by atomic mass is 35.5. The summed E-state index contributed by atoms with van der Waals surface area (Å²) in [6, 6.07) is 2.42. The van der Waals surface area contributed by atoms with Gasteiger partial charge < -0.3 is 5.73 Å². The van der Waals surface area contributed by atoms with Crippen LogP contribution in [0.25, 0.3) is 0 Å². The third-order valence-electron chi connectivity index (χ3n) is 2.83. The second-order valence-corrected chi connectivity index (χ2v) is 7.76. The molecule has 0 amide bonds. The van der Waals surface area contributed by atoms with E-state index < -0.39 is 20.7 Å². The monoisotopic (exact) mass is 340 g/mol. The standard InChI is InChI=1S/C12H18ClFN2O2S2/c1-8(19-2)3-4-16-20(17,18)11-6-10(13)5-9(7-15)12(11)14/h5-6,8,16H,3-4,7,15H2,1-2H3. The van der Waals surface area contributed by atoms with Crippen LogP contribution in [-0.2, 0) is 16.6 Å². The van der Waals surface area contributed by atoms with Crippen molar-refractivity contribution >= 4 is 33.4 Å². The second-order valence-electron chi connectivity index (χ2n) is 4.31. The van der Waals surface area contributed by atoms with Crippen LogP contribution in [0.1, 0.15) is 18.9 Å².